The van der Waals surface area contributed by atoms with Crippen LogP contribution in [0.3, 0.4) is 0 Å². The molecule has 3 rings (SSSR count). The minimum absolute atomic E-state index is 0.0518. The molecule has 0 aromatic carbocycles. The fourth-order valence-corrected chi connectivity index (χ4v) is 3.34. The van der Waals surface area contributed by atoms with E-state index in [4.69, 9.17) is 9.26 Å². The van der Waals surface area contributed by atoms with Gasteiger partial charge >= 0.3 is 6.03 Å². The van der Waals surface area contributed by atoms with Crippen molar-refractivity contribution in [3.63, 3.8) is 0 Å². The van der Waals surface area contributed by atoms with Crippen LogP contribution in [0, 0.1) is 0 Å². The van der Waals surface area contributed by atoms with E-state index in [9.17, 15) is 4.79 Å². The second-order valence-electron chi connectivity index (χ2n) is 6.82. The van der Waals surface area contributed by atoms with E-state index in [-0.39, 0.29) is 12.1 Å². The molecule has 2 atom stereocenters. The Bertz CT molecular complexity index is 494. The number of piperazine rings is 1. The molecule has 0 bridgehead atoms. The smallest absolute Gasteiger partial charge is 0.317 e. The Hall–Kier alpha value is -1.60. The average molecular weight is 336 g/mol. The van der Waals surface area contributed by atoms with Crippen LogP contribution in [-0.2, 0) is 11.3 Å². The number of nitrogens with zero attached hydrogens (tertiary/aromatic N) is 3. The van der Waals surface area contributed by atoms with Crippen molar-refractivity contribution in [2.24, 2.45) is 0 Å². The molecule has 1 aromatic heterocycles. The van der Waals surface area contributed by atoms with Crippen LogP contribution in [0.4, 0.5) is 4.79 Å². The molecule has 7 nitrogen and oxygen atoms in total. The monoisotopic (exact) mass is 336 g/mol. The lowest BCUT2D eigenvalue weighted by Gasteiger charge is -2.34. The Kier molecular flexibility index (Phi) is 6.09. The minimum Gasteiger partial charge on any atom is -0.378 e. The second-order valence-corrected chi connectivity index (χ2v) is 6.82. The molecule has 24 heavy (non-hydrogen) atoms. The van der Waals surface area contributed by atoms with Gasteiger partial charge in [-0.25, -0.2) is 4.79 Å². The third kappa shape index (κ3) is 4.95. The molecule has 0 spiro atoms. The van der Waals surface area contributed by atoms with Crippen LogP contribution >= 0.6 is 0 Å². The largest absolute Gasteiger partial charge is 0.378 e. The van der Waals surface area contributed by atoms with Crippen molar-refractivity contribution in [3.05, 3.63) is 18.0 Å². The predicted octanol–water partition coefficient (Wildman–Crippen LogP) is 1.85. The van der Waals surface area contributed by atoms with Gasteiger partial charge in [0, 0.05) is 51.4 Å². The first-order valence-corrected chi connectivity index (χ1v) is 8.99. The Morgan fingerprint density at radius 3 is 2.92 bits per heavy atom. The Morgan fingerprint density at radius 1 is 1.42 bits per heavy atom. The van der Waals surface area contributed by atoms with Gasteiger partial charge in [0.15, 0.2) is 0 Å². The summed E-state index contributed by atoms with van der Waals surface area (Å²) in [4.78, 5) is 16.6. The van der Waals surface area contributed by atoms with Crippen LogP contribution in [0.15, 0.2) is 16.9 Å². The van der Waals surface area contributed by atoms with Crippen LogP contribution in [-0.4, -0.2) is 65.9 Å². The molecule has 0 saturated carbocycles. The molecule has 0 aliphatic carbocycles. The quantitative estimate of drug-likeness (QED) is 0.858. The third-order valence-corrected chi connectivity index (χ3v) is 4.85. The topological polar surface area (TPSA) is 70.8 Å². The molecular weight excluding hydrogens is 308 g/mol. The van der Waals surface area contributed by atoms with Gasteiger partial charge in [-0.1, -0.05) is 5.16 Å². The molecule has 1 aromatic rings. The van der Waals surface area contributed by atoms with E-state index < -0.39 is 0 Å². The molecule has 2 amide bonds. The van der Waals surface area contributed by atoms with Crippen LogP contribution in [0.5, 0.6) is 0 Å². The highest BCUT2D eigenvalue weighted by atomic mass is 16.5. The number of aromatic nitrogens is 1. The molecule has 2 unspecified atom stereocenters. The number of ether oxygens (including phenoxy) is 1. The maximum atomic E-state index is 12.4. The zero-order chi connectivity index (χ0) is 16.8. The Morgan fingerprint density at radius 2 is 2.25 bits per heavy atom. The van der Waals surface area contributed by atoms with E-state index in [0.29, 0.717) is 6.10 Å². The number of carbonyl (C=O) groups excluding carboxylic acids is 1. The zero-order valence-corrected chi connectivity index (χ0v) is 14.4. The van der Waals surface area contributed by atoms with E-state index >= 15 is 0 Å². The number of amides is 2. The van der Waals surface area contributed by atoms with Crippen molar-refractivity contribution in [3.8, 4) is 0 Å². The number of hydrogen-bond donors (Lipinski definition) is 1. The third-order valence-electron chi connectivity index (χ3n) is 4.85. The molecule has 0 radical (unpaired) electrons. The number of hydrogen-bond acceptors (Lipinski definition) is 5. The van der Waals surface area contributed by atoms with Gasteiger partial charge in [-0.2, -0.15) is 0 Å². The van der Waals surface area contributed by atoms with Crippen molar-refractivity contribution in [1.82, 2.24) is 20.3 Å². The standard InChI is InChI=1S/C17H28N4O3/c1-14(4-5-16-3-2-11-23-16)18-17(22)21-9-7-20(8-10-21)13-15-6-12-24-19-15/h6,12,14,16H,2-5,7-11,13H2,1H3,(H,18,22). The fraction of sp³-hybridized carbons (Fsp3) is 0.765. The molecular formula is C17H28N4O3. The van der Waals surface area contributed by atoms with Crippen molar-refractivity contribution >= 4 is 6.03 Å². The molecule has 1 N–H and O–H groups in total. The molecule has 2 fully saturated rings. The summed E-state index contributed by atoms with van der Waals surface area (Å²) in [5, 5.41) is 7.06. The second kappa shape index (κ2) is 8.48. The summed E-state index contributed by atoms with van der Waals surface area (Å²) in [6, 6.07) is 2.13. The van der Waals surface area contributed by atoms with Crippen molar-refractivity contribution in [1.29, 1.82) is 0 Å². The average Bonchev–Trinajstić information content (AvgIpc) is 3.27. The SMILES string of the molecule is CC(CCC1CCCO1)NC(=O)N1CCN(Cc2ccon2)CC1. The number of nitrogens with one attached hydrogen (secondary N) is 1. The summed E-state index contributed by atoms with van der Waals surface area (Å²) in [5.74, 6) is 0. The molecule has 3 heterocycles. The van der Waals surface area contributed by atoms with Crippen LogP contribution < -0.4 is 5.32 Å². The van der Waals surface area contributed by atoms with Crippen LogP contribution in [0.25, 0.3) is 0 Å². The maximum Gasteiger partial charge on any atom is 0.317 e. The van der Waals surface area contributed by atoms with Gasteiger partial charge in [0.1, 0.15) is 6.26 Å². The summed E-state index contributed by atoms with van der Waals surface area (Å²) in [6.07, 6.45) is 6.33. The first kappa shape index (κ1) is 17.2. The Balaban J connectivity index is 1.33. The molecule has 2 saturated heterocycles. The van der Waals surface area contributed by atoms with Gasteiger partial charge < -0.3 is 19.5 Å². The molecule has 2 aliphatic heterocycles. The van der Waals surface area contributed by atoms with Gasteiger partial charge in [0.05, 0.1) is 11.8 Å². The zero-order valence-electron chi connectivity index (χ0n) is 14.4. The van der Waals surface area contributed by atoms with Gasteiger partial charge in [-0.3, -0.25) is 4.90 Å². The summed E-state index contributed by atoms with van der Waals surface area (Å²) < 4.78 is 10.5. The molecule has 2 aliphatic rings. The minimum atomic E-state index is 0.0518. The molecule has 134 valence electrons. The van der Waals surface area contributed by atoms with Crippen molar-refractivity contribution in [2.45, 2.75) is 51.3 Å². The lowest BCUT2D eigenvalue weighted by atomic mass is 10.1. The van der Waals surface area contributed by atoms with E-state index in [0.717, 1.165) is 64.3 Å². The fourth-order valence-electron chi connectivity index (χ4n) is 3.34. The first-order chi connectivity index (χ1) is 11.7. The van der Waals surface area contributed by atoms with Gasteiger partial charge in [-0.15, -0.1) is 0 Å². The normalized spacial score (nSPS) is 23.4. The van der Waals surface area contributed by atoms with Crippen molar-refractivity contribution in [2.75, 3.05) is 32.8 Å². The van der Waals surface area contributed by atoms with Gasteiger partial charge in [0.25, 0.3) is 0 Å². The Labute approximate surface area is 143 Å². The number of rotatable bonds is 6. The lowest BCUT2D eigenvalue weighted by Crippen LogP contribution is -2.52. The van der Waals surface area contributed by atoms with Gasteiger partial charge in [-0.05, 0) is 32.6 Å². The van der Waals surface area contributed by atoms with E-state index in [2.05, 4.69) is 22.3 Å². The lowest BCUT2D eigenvalue weighted by molar-refractivity contribution is 0.0992. The summed E-state index contributed by atoms with van der Waals surface area (Å²) in [7, 11) is 0. The highest BCUT2D eigenvalue weighted by Gasteiger charge is 2.23. The highest BCUT2D eigenvalue weighted by Crippen LogP contribution is 2.17. The number of urea groups is 1. The predicted molar refractivity (Wildman–Crippen MR) is 89.6 cm³/mol. The van der Waals surface area contributed by atoms with E-state index in [1.807, 2.05) is 11.0 Å². The summed E-state index contributed by atoms with van der Waals surface area (Å²) in [6.45, 7) is 6.99. The summed E-state index contributed by atoms with van der Waals surface area (Å²) >= 11 is 0. The maximum absolute atomic E-state index is 12.4. The summed E-state index contributed by atoms with van der Waals surface area (Å²) in [5.41, 5.74) is 0.940. The van der Waals surface area contributed by atoms with Gasteiger partial charge in [0.2, 0.25) is 0 Å². The van der Waals surface area contributed by atoms with E-state index in [1.54, 1.807) is 6.26 Å². The van der Waals surface area contributed by atoms with Crippen LogP contribution in [0.2, 0.25) is 0 Å². The highest BCUT2D eigenvalue weighted by molar-refractivity contribution is 5.74. The van der Waals surface area contributed by atoms with Crippen LogP contribution in [0.1, 0.15) is 38.3 Å². The van der Waals surface area contributed by atoms with Crippen molar-refractivity contribution < 1.29 is 14.1 Å². The number of carbonyl (C=O) groups is 1. The first-order valence-electron chi connectivity index (χ1n) is 8.99. The molecule has 7 heteroatoms. The van der Waals surface area contributed by atoms with E-state index in [1.165, 1.54) is 6.42 Å².